The summed E-state index contributed by atoms with van der Waals surface area (Å²) >= 11 is 0. The zero-order valence-corrected chi connectivity index (χ0v) is 12.7. The first kappa shape index (κ1) is 16.8. The summed E-state index contributed by atoms with van der Waals surface area (Å²) in [5.74, 6) is 1.23. The number of amides is 1. The number of hydrogen-bond acceptors (Lipinski definition) is 3. The van der Waals surface area contributed by atoms with E-state index in [-0.39, 0.29) is 5.91 Å². The van der Waals surface area contributed by atoms with Gasteiger partial charge in [0.15, 0.2) is 11.5 Å². The molecule has 0 spiro atoms. The van der Waals surface area contributed by atoms with E-state index < -0.39 is 0 Å². The summed E-state index contributed by atoms with van der Waals surface area (Å²) in [4.78, 5) is 11.5. The first-order chi connectivity index (χ1) is 10.2. The zero-order chi connectivity index (χ0) is 15.5. The summed E-state index contributed by atoms with van der Waals surface area (Å²) in [6, 6.07) is 5.59. The van der Waals surface area contributed by atoms with Crippen molar-refractivity contribution >= 4 is 12.0 Å². The second-order valence-corrected chi connectivity index (χ2v) is 4.48. The van der Waals surface area contributed by atoms with Gasteiger partial charge in [-0.1, -0.05) is 25.5 Å². The van der Waals surface area contributed by atoms with E-state index in [1.165, 1.54) is 6.08 Å². The summed E-state index contributed by atoms with van der Waals surface area (Å²) in [5.41, 5.74) is 0.878. The number of rotatable bonds is 9. The molecule has 21 heavy (non-hydrogen) atoms. The lowest BCUT2D eigenvalue weighted by atomic mass is 10.2. The fourth-order valence-electron chi connectivity index (χ4n) is 1.64. The molecular formula is C17H23NO3. The van der Waals surface area contributed by atoms with Gasteiger partial charge in [-0.25, -0.2) is 0 Å². The Hall–Kier alpha value is -2.23. The van der Waals surface area contributed by atoms with E-state index in [2.05, 4.69) is 18.8 Å². The Balaban J connectivity index is 2.70. The van der Waals surface area contributed by atoms with Crippen LogP contribution in [0.3, 0.4) is 0 Å². The maximum absolute atomic E-state index is 11.5. The van der Waals surface area contributed by atoms with Gasteiger partial charge < -0.3 is 14.8 Å². The van der Waals surface area contributed by atoms with Gasteiger partial charge in [-0.2, -0.15) is 0 Å². The Morgan fingerprint density at radius 2 is 2.19 bits per heavy atom. The maximum atomic E-state index is 11.5. The Bertz CT molecular complexity index is 495. The predicted octanol–water partition coefficient (Wildman–Crippen LogP) is 3.19. The van der Waals surface area contributed by atoms with Crippen LogP contribution >= 0.6 is 0 Å². The molecule has 0 aromatic heterocycles. The van der Waals surface area contributed by atoms with Gasteiger partial charge in [0.1, 0.15) is 0 Å². The molecule has 0 unspecified atom stereocenters. The van der Waals surface area contributed by atoms with Crippen LogP contribution < -0.4 is 14.8 Å². The fraction of sp³-hybridized carbons (Fsp3) is 0.353. The quantitative estimate of drug-likeness (QED) is 0.431. The Morgan fingerprint density at radius 3 is 2.86 bits per heavy atom. The van der Waals surface area contributed by atoms with Crippen molar-refractivity contribution in [2.45, 2.75) is 19.8 Å². The molecule has 0 saturated heterocycles. The Morgan fingerprint density at radius 1 is 1.38 bits per heavy atom. The molecule has 4 nitrogen and oxygen atoms in total. The van der Waals surface area contributed by atoms with E-state index in [1.807, 2.05) is 18.2 Å². The number of benzene rings is 1. The molecule has 0 atom stereocenters. The highest BCUT2D eigenvalue weighted by molar-refractivity contribution is 5.91. The third kappa shape index (κ3) is 6.17. The second kappa shape index (κ2) is 9.64. The number of ether oxygens (including phenoxy) is 2. The molecule has 0 aliphatic carbocycles. The molecule has 1 N–H and O–H groups in total. The van der Waals surface area contributed by atoms with Gasteiger partial charge in [-0.05, 0) is 30.2 Å². The minimum Gasteiger partial charge on any atom is -0.493 e. The molecular weight excluding hydrogens is 266 g/mol. The summed E-state index contributed by atoms with van der Waals surface area (Å²) in [7, 11) is 1.60. The molecule has 0 bridgehead atoms. The second-order valence-electron chi connectivity index (χ2n) is 4.48. The molecule has 0 radical (unpaired) electrons. The number of unbranched alkanes of at least 4 members (excludes halogenated alkanes) is 1. The minimum atomic E-state index is -0.155. The van der Waals surface area contributed by atoms with Gasteiger partial charge in [0.05, 0.1) is 13.7 Å². The third-order valence-electron chi connectivity index (χ3n) is 2.79. The van der Waals surface area contributed by atoms with E-state index in [4.69, 9.17) is 9.47 Å². The van der Waals surface area contributed by atoms with Gasteiger partial charge >= 0.3 is 0 Å². The minimum absolute atomic E-state index is 0.155. The maximum Gasteiger partial charge on any atom is 0.244 e. The topological polar surface area (TPSA) is 47.6 Å². The van der Waals surface area contributed by atoms with Crippen LogP contribution in [0, 0.1) is 0 Å². The summed E-state index contributed by atoms with van der Waals surface area (Å²) in [5, 5.41) is 2.68. The Labute approximate surface area is 126 Å². The van der Waals surface area contributed by atoms with Crippen LogP contribution in [0.5, 0.6) is 11.5 Å². The molecule has 1 amide bonds. The molecule has 0 aliphatic rings. The van der Waals surface area contributed by atoms with E-state index in [9.17, 15) is 4.79 Å². The Kier molecular flexibility index (Phi) is 7.72. The van der Waals surface area contributed by atoms with Crippen LogP contribution in [-0.2, 0) is 4.79 Å². The van der Waals surface area contributed by atoms with Gasteiger partial charge in [0.25, 0.3) is 0 Å². The number of hydrogen-bond donors (Lipinski definition) is 1. The highest BCUT2D eigenvalue weighted by Crippen LogP contribution is 2.28. The molecule has 4 heteroatoms. The summed E-state index contributed by atoms with van der Waals surface area (Å²) in [6.45, 7) is 6.79. The molecule has 0 heterocycles. The van der Waals surface area contributed by atoms with Crippen molar-refractivity contribution in [3.63, 3.8) is 0 Å². The summed E-state index contributed by atoms with van der Waals surface area (Å²) < 4.78 is 11.0. The van der Waals surface area contributed by atoms with Crippen molar-refractivity contribution < 1.29 is 14.3 Å². The van der Waals surface area contributed by atoms with Gasteiger partial charge in [0, 0.05) is 12.6 Å². The first-order valence-electron chi connectivity index (χ1n) is 7.09. The number of carbonyl (C=O) groups is 1. The molecule has 114 valence electrons. The molecule has 1 aromatic carbocycles. The van der Waals surface area contributed by atoms with E-state index in [0.29, 0.717) is 18.9 Å². The van der Waals surface area contributed by atoms with Gasteiger partial charge in [0.2, 0.25) is 5.91 Å². The smallest absolute Gasteiger partial charge is 0.244 e. The van der Waals surface area contributed by atoms with Crippen LogP contribution in [0.25, 0.3) is 6.08 Å². The zero-order valence-electron chi connectivity index (χ0n) is 12.7. The summed E-state index contributed by atoms with van der Waals surface area (Å²) in [6.07, 6.45) is 6.95. The van der Waals surface area contributed by atoms with Crippen LogP contribution in [0.4, 0.5) is 0 Å². The molecule has 0 saturated carbocycles. The third-order valence-corrected chi connectivity index (χ3v) is 2.79. The van der Waals surface area contributed by atoms with Gasteiger partial charge in [-0.15, -0.1) is 6.58 Å². The first-order valence-corrected chi connectivity index (χ1v) is 7.09. The lowest BCUT2D eigenvalue weighted by molar-refractivity contribution is -0.116. The van der Waals surface area contributed by atoms with Crippen molar-refractivity contribution in [3.05, 3.63) is 42.5 Å². The fourth-order valence-corrected chi connectivity index (χ4v) is 1.64. The van der Waals surface area contributed by atoms with Crippen LogP contribution in [-0.4, -0.2) is 26.2 Å². The van der Waals surface area contributed by atoms with Crippen LogP contribution in [0.2, 0.25) is 0 Å². The standard InChI is InChI=1S/C17H23NO3/c1-4-6-12-21-15-9-7-14(13-16(15)20-3)8-10-17(19)18-11-5-2/h5,7-10,13H,2,4,6,11-12H2,1,3H3,(H,18,19)/b10-8+. The highest BCUT2D eigenvalue weighted by Gasteiger charge is 2.04. The van der Waals surface area contributed by atoms with Crippen LogP contribution in [0.1, 0.15) is 25.3 Å². The average Bonchev–Trinajstić information content (AvgIpc) is 2.51. The molecule has 1 aromatic rings. The lowest BCUT2D eigenvalue weighted by Crippen LogP contribution is -2.20. The number of nitrogens with one attached hydrogen (secondary N) is 1. The van der Waals surface area contributed by atoms with Gasteiger partial charge in [-0.3, -0.25) is 4.79 Å². The molecule has 1 rings (SSSR count). The average molecular weight is 289 g/mol. The number of methoxy groups -OCH3 is 1. The van der Waals surface area contributed by atoms with Crippen molar-refractivity contribution in [1.82, 2.24) is 5.32 Å². The monoisotopic (exact) mass is 289 g/mol. The molecule has 0 fully saturated rings. The van der Waals surface area contributed by atoms with Crippen molar-refractivity contribution in [2.24, 2.45) is 0 Å². The van der Waals surface area contributed by atoms with Crippen molar-refractivity contribution in [3.8, 4) is 11.5 Å². The largest absolute Gasteiger partial charge is 0.493 e. The number of carbonyl (C=O) groups excluding carboxylic acids is 1. The molecule has 0 aliphatic heterocycles. The van der Waals surface area contributed by atoms with Crippen LogP contribution in [0.15, 0.2) is 36.9 Å². The SMILES string of the molecule is C=CCNC(=O)/C=C/c1ccc(OCCCC)c(OC)c1. The predicted molar refractivity (Wildman–Crippen MR) is 85.6 cm³/mol. The van der Waals surface area contributed by atoms with Crippen molar-refractivity contribution in [1.29, 1.82) is 0 Å². The normalized spacial score (nSPS) is 10.4. The van der Waals surface area contributed by atoms with E-state index >= 15 is 0 Å². The lowest BCUT2D eigenvalue weighted by Gasteiger charge is -2.10. The van der Waals surface area contributed by atoms with E-state index in [1.54, 1.807) is 19.3 Å². The highest BCUT2D eigenvalue weighted by atomic mass is 16.5. The van der Waals surface area contributed by atoms with Crippen molar-refractivity contribution in [2.75, 3.05) is 20.3 Å². The van der Waals surface area contributed by atoms with E-state index in [0.717, 1.165) is 24.2 Å².